The van der Waals surface area contributed by atoms with Gasteiger partial charge in [0.25, 0.3) is 5.91 Å². The maximum Gasteiger partial charge on any atom is 0.306 e. The lowest BCUT2D eigenvalue weighted by Gasteiger charge is -2.17. The number of hydrogen-bond donors (Lipinski definition) is 2. The molecule has 8 heteroatoms. The van der Waals surface area contributed by atoms with Crippen molar-refractivity contribution in [3.63, 3.8) is 0 Å². The van der Waals surface area contributed by atoms with Gasteiger partial charge in [-0.3, -0.25) is 14.9 Å². The minimum atomic E-state index is -0.947. The third-order valence-corrected chi connectivity index (χ3v) is 4.01. The highest BCUT2D eigenvalue weighted by Gasteiger charge is 2.22. The van der Waals surface area contributed by atoms with Crippen molar-refractivity contribution < 1.29 is 19.4 Å². The fourth-order valence-corrected chi connectivity index (χ4v) is 2.61. The van der Waals surface area contributed by atoms with E-state index in [0.717, 1.165) is 17.7 Å². The van der Waals surface area contributed by atoms with Crippen LogP contribution in [0.4, 0.5) is 15.8 Å². The molecule has 2 aromatic carbocycles. The van der Waals surface area contributed by atoms with Gasteiger partial charge in [0, 0.05) is 22.3 Å². The first kappa shape index (κ1) is 18.8. The second-order valence-electron chi connectivity index (χ2n) is 5.74. The highest BCUT2D eigenvalue weighted by Crippen LogP contribution is 2.21. The van der Waals surface area contributed by atoms with Crippen molar-refractivity contribution in [1.82, 2.24) is 0 Å². The Kier molecular flexibility index (Phi) is 6.06. The molecule has 0 heterocycles. The molecule has 6 nitrogen and oxygen atoms in total. The summed E-state index contributed by atoms with van der Waals surface area (Å²) in [6.45, 7) is 3.66. The molecular formula is C17H18ClFN3O3+. The van der Waals surface area contributed by atoms with E-state index in [-0.39, 0.29) is 17.6 Å². The van der Waals surface area contributed by atoms with E-state index in [1.165, 1.54) is 6.07 Å². The van der Waals surface area contributed by atoms with E-state index in [0.29, 0.717) is 5.02 Å². The number of hydrogen-bond acceptors (Lipinski definition) is 3. The van der Waals surface area contributed by atoms with Crippen molar-refractivity contribution in [2.75, 3.05) is 5.32 Å². The van der Waals surface area contributed by atoms with Gasteiger partial charge in [0.05, 0.1) is 4.92 Å². The summed E-state index contributed by atoms with van der Waals surface area (Å²) in [5.41, 5.74) is 0.472. The molecule has 132 valence electrons. The highest BCUT2D eigenvalue weighted by atomic mass is 35.5. The first-order valence-corrected chi connectivity index (χ1v) is 8.01. The number of benzene rings is 2. The Balaban J connectivity index is 2.03. The third kappa shape index (κ3) is 4.98. The quantitative estimate of drug-likeness (QED) is 0.608. The van der Waals surface area contributed by atoms with E-state index < -0.39 is 22.5 Å². The first-order chi connectivity index (χ1) is 11.8. The predicted molar refractivity (Wildman–Crippen MR) is 92.9 cm³/mol. The summed E-state index contributed by atoms with van der Waals surface area (Å²) in [7, 11) is 0. The average molecular weight is 367 g/mol. The van der Waals surface area contributed by atoms with Crippen LogP contribution in [0.2, 0.25) is 5.02 Å². The maximum absolute atomic E-state index is 13.3. The van der Waals surface area contributed by atoms with Crippen LogP contribution in [0.15, 0.2) is 42.5 Å². The van der Waals surface area contributed by atoms with E-state index in [4.69, 9.17) is 11.6 Å². The van der Waals surface area contributed by atoms with Crippen molar-refractivity contribution in [2.24, 2.45) is 0 Å². The second kappa shape index (κ2) is 8.04. The molecule has 1 amide bonds. The summed E-state index contributed by atoms with van der Waals surface area (Å²) < 4.78 is 13.3. The number of rotatable bonds is 6. The number of nitro benzene ring substituents is 1. The average Bonchev–Trinajstić information content (AvgIpc) is 2.56. The second-order valence-corrected chi connectivity index (χ2v) is 6.17. The molecule has 0 unspecified atom stereocenters. The van der Waals surface area contributed by atoms with Crippen LogP contribution in [0.5, 0.6) is 0 Å². The molecule has 2 atom stereocenters. The molecule has 0 aliphatic carbocycles. The van der Waals surface area contributed by atoms with Gasteiger partial charge in [-0.2, -0.15) is 4.39 Å². The van der Waals surface area contributed by atoms with Crippen LogP contribution in [-0.4, -0.2) is 16.9 Å². The van der Waals surface area contributed by atoms with E-state index in [9.17, 15) is 19.3 Å². The van der Waals surface area contributed by atoms with Crippen molar-refractivity contribution >= 4 is 28.9 Å². The van der Waals surface area contributed by atoms with Gasteiger partial charge in [-0.05, 0) is 38.1 Å². The summed E-state index contributed by atoms with van der Waals surface area (Å²) in [4.78, 5) is 22.2. The number of halogens is 2. The highest BCUT2D eigenvalue weighted by molar-refractivity contribution is 6.30. The Labute approximate surface area is 149 Å². The topological polar surface area (TPSA) is 88.8 Å². The third-order valence-electron chi connectivity index (χ3n) is 3.78. The summed E-state index contributed by atoms with van der Waals surface area (Å²) in [5.74, 6) is -1.29. The van der Waals surface area contributed by atoms with E-state index in [1.807, 2.05) is 30.4 Å². The fraction of sp³-hybridized carbons (Fsp3) is 0.235. The van der Waals surface area contributed by atoms with E-state index in [1.54, 1.807) is 13.0 Å². The van der Waals surface area contributed by atoms with Crippen LogP contribution in [0, 0.1) is 15.9 Å². The number of amides is 1. The Hall–Kier alpha value is -2.51. The number of quaternary nitrogens is 1. The molecule has 0 saturated heterocycles. The lowest BCUT2D eigenvalue weighted by atomic mass is 10.1. The monoisotopic (exact) mass is 366 g/mol. The number of nitrogens with one attached hydrogen (secondary N) is 1. The van der Waals surface area contributed by atoms with Crippen molar-refractivity contribution in [1.29, 1.82) is 0 Å². The zero-order valence-electron chi connectivity index (χ0n) is 13.7. The van der Waals surface area contributed by atoms with E-state index in [2.05, 4.69) is 5.32 Å². The van der Waals surface area contributed by atoms with Crippen molar-refractivity contribution in [2.45, 2.75) is 25.9 Å². The molecule has 2 rings (SSSR count). The Morgan fingerprint density at radius 2 is 2.00 bits per heavy atom. The predicted octanol–water partition coefficient (Wildman–Crippen LogP) is 3.04. The number of anilines is 1. The number of carbonyl (C=O) groups is 1. The molecule has 0 saturated carbocycles. The number of nitrogens with two attached hydrogens (primary N) is 1. The lowest BCUT2D eigenvalue weighted by molar-refractivity contribution is -0.709. The summed E-state index contributed by atoms with van der Waals surface area (Å²) in [6, 6.07) is 10.1. The van der Waals surface area contributed by atoms with Gasteiger partial charge >= 0.3 is 5.69 Å². The van der Waals surface area contributed by atoms with Crippen molar-refractivity contribution in [3.8, 4) is 0 Å². The zero-order chi connectivity index (χ0) is 18.6. The molecule has 25 heavy (non-hydrogen) atoms. The summed E-state index contributed by atoms with van der Waals surface area (Å²) >= 11 is 5.97. The maximum atomic E-state index is 13.3. The van der Waals surface area contributed by atoms with Crippen LogP contribution in [0.1, 0.15) is 25.5 Å². The van der Waals surface area contributed by atoms with Gasteiger partial charge in [0.2, 0.25) is 5.82 Å². The molecule has 0 aliphatic heterocycles. The van der Waals surface area contributed by atoms with Gasteiger partial charge in [-0.15, -0.1) is 0 Å². The Morgan fingerprint density at radius 1 is 1.28 bits per heavy atom. The van der Waals surface area contributed by atoms with Gasteiger partial charge in [-0.25, -0.2) is 0 Å². The molecule has 3 N–H and O–H groups in total. The number of nitro groups is 1. The molecular weight excluding hydrogens is 349 g/mol. The molecule has 2 aromatic rings. The van der Waals surface area contributed by atoms with E-state index >= 15 is 0 Å². The minimum absolute atomic E-state index is 0.0120. The van der Waals surface area contributed by atoms with Crippen LogP contribution in [-0.2, 0) is 4.79 Å². The van der Waals surface area contributed by atoms with Gasteiger partial charge in [0.15, 0.2) is 6.04 Å². The van der Waals surface area contributed by atoms with Crippen LogP contribution < -0.4 is 10.6 Å². The largest absolute Gasteiger partial charge is 0.330 e. The molecule has 0 radical (unpaired) electrons. The molecule has 0 aliphatic rings. The van der Waals surface area contributed by atoms with Gasteiger partial charge in [-0.1, -0.05) is 23.7 Å². The van der Waals surface area contributed by atoms with Gasteiger partial charge < -0.3 is 10.6 Å². The van der Waals surface area contributed by atoms with Gasteiger partial charge in [0.1, 0.15) is 6.04 Å². The standard InChI is InChI=1S/C17H17ClFN3O3/c1-10(12-4-3-5-13(18)8-12)20-11(2)17(23)21-14-6-7-15(19)16(9-14)22(24)25/h3-11,20H,1-2H3,(H,21,23)/p+1/t10-,11-/m0/s1. The van der Waals surface area contributed by atoms with Crippen LogP contribution in [0.25, 0.3) is 0 Å². The zero-order valence-corrected chi connectivity index (χ0v) is 14.5. The lowest BCUT2D eigenvalue weighted by Crippen LogP contribution is -2.91. The Bertz CT molecular complexity index is 800. The minimum Gasteiger partial charge on any atom is -0.330 e. The molecule has 0 spiro atoms. The molecule has 0 bridgehead atoms. The number of nitrogens with zero attached hydrogens (tertiary/aromatic N) is 1. The first-order valence-electron chi connectivity index (χ1n) is 7.63. The van der Waals surface area contributed by atoms with Crippen LogP contribution >= 0.6 is 11.6 Å². The summed E-state index contributed by atoms with van der Waals surface area (Å²) in [6.07, 6.45) is 0. The fourth-order valence-electron chi connectivity index (χ4n) is 2.41. The van der Waals surface area contributed by atoms with Crippen molar-refractivity contribution in [3.05, 3.63) is 69.0 Å². The number of carbonyl (C=O) groups excluding carboxylic acids is 1. The smallest absolute Gasteiger partial charge is 0.306 e. The van der Waals surface area contributed by atoms with Crippen LogP contribution in [0.3, 0.4) is 0 Å². The molecule has 0 aromatic heterocycles. The molecule has 0 fully saturated rings. The normalized spacial score (nSPS) is 13.1. The SMILES string of the molecule is C[C@H]([NH2+][C@@H](C)c1cccc(Cl)c1)C(=O)Nc1ccc(F)c([N+](=O)[O-])c1. The summed E-state index contributed by atoms with van der Waals surface area (Å²) in [5, 5.41) is 15.8. The Morgan fingerprint density at radius 3 is 2.64 bits per heavy atom.